The summed E-state index contributed by atoms with van der Waals surface area (Å²) in [6, 6.07) is 5.29. The van der Waals surface area contributed by atoms with E-state index in [1.54, 1.807) is 52.0 Å². The molecule has 10 nitrogen and oxygen atoms in total. The summed E-state index contributed by atoms with van der Waals surface area (Å²) in [4.78, 5) is 49.8. The molecular weight excluding hydrogens is 500 g/mol. The summed E-state index contributed by atoms with van der Waals surface area (Å²) in [5, 5.41) is 11.5. The molecule has 2 unspecified atom stereocenters. The van der Waals surface area contributed by atoms with Gasteiger partial charge in [0.2, 0.25) is 17.7 Å². The summed E-state index contributed by atoms with van der Waals surface area (Å²) in [6.45, 7) is 18.3. The highest BCUT2D eigenvalue weighted by Crippen LogP contribution is 2.17. The lowest BCUT2D eigenvalue weighted by Gasteiger charge is -2.24. The number of hydrogen-bond donors (Lipinski definition) is 4. The average molecular weight is 549 g/mol. The van der Waals surface area contributed by atoms with Gasteiger partial charge < -0.3 is 30.7 Å². The van der Waals surface area contributed by atoms with Crippen LogP contribution in [0.5, 0.6) is 0 Å². The van der Waals surface area contributed by atoms with Crippen molar-refractivity contribution in [2.75, 3.05) is 25.1 Å². The maximum absolute atomic E-state index is 12.9. The molecule has 0 heterocycles. The van der Waals surface area contributed by atoms with Crippen molar-refractivity contribution in [3.8, 4) is 0 Å². The molecule has 0 spiro atoms. The van der Waals surface area contributed by atoms with Crippen molar-refractivity contribution in [3.05, 3.63) is 29.8 Å². The molecule has 220 valence electrons. The fourth-order valence-electron chi connectivity index (χ4n) is 3.21. The summed E-state index contributed by atoms with van der Waals surface area (Å²) >= 11 is 0. The second-order valence-corrected chi connectivity index (χ2v) is 12.1. The first-order chi connectivity index (χ1) is 18.0. The van der Waals surface area contributed by atoms with Crippen LogP contribution >= 0.6 is 0 Å². The zero-order valence-electron chi connectivity index (χ0n) is 25.0. The van der Waals surface area contributed by atoms with Gasteiger partial charge in [0.15, 0.2) is 0 Å². The van der Waals surface area contributed by atoms with Gasteiger partial charge in [-0.1, -0.05) is 26.0 Å². The van der Waals surface area contributed by atoms with Gasteiger partial charge in [0.05, 0.1) is 18.6 Å². The van der Waals surface area contributed by atoms with Crippen LogP contribution in [-0.4, -0.2) is 61.1 Å². The molecule has 1 rings (SSSR count). The minimum absolute atomic E-state index is 0.00111. The van der Waals surface area contributed by atoms with Gasteiger partial charge in [-0.3, -0.25) is 19.2 Å². The standard InChI is InChI=1S/C29H48N4O6/c1-19(2)24(33-23(34)14-16-38-17-15-30-29(7,8)9)26(36)31-20(3)25(35)32-22-12-10-21(11-13-22)18-39-27(37)28(4,5)6/h10-13,19-20,24,30H,14-18H2,1-9H3,(H,31,36)(H,32,35)(H,33,34). The summed E-state index contributed by atoms with van der Waals surface area (Å²) < 4.78 is 10.8. The van der Waals surface area contributed by atoms with E-state index >= 15 is 0 Å². The van der Waals surface area contributed by atoms with E-state index in [0.29, 0.717) is 18.8 Å². The Labute approximate surface area is 233 Å². The second-order valence-electron chi connectivity index (χ2n) is 12.1. The Bertz CT molecular complexity index is 948. The van der Waals surface area contributed by atoms with Crippen molar-refractivity contribution in [1.82, 2.24) is 16.0 Å². The third-order valence-corrected chi connectivity index (χ3v) is 5.60. The highest BCUT2D eigenvalue weighted by molar-refractivity contribution is 5.98. The van der Waals surface area contributed by atoms with Crippen LogP contribution in [0.2, 0.25) is 0 Å². The maximum Gasteiger partial charge on any atom is 0.311 e. The zero-order chi connectivity index (χ0) is 29.8. The van der Waals surface area contributed by atoms with Crippen molar-refractivity contribution in [3.63, 3.8) is 0 Å². The first-order valence-corrected chi connectivity index (χ1v) is 13.5. The second kappa shape index (κ2) is 15.6. The van der Waals surface area contributed by atoms with Crippen molar-refractivity contribution < 1.29 is 28.7 Å². The van der Waals surface area contributed by atoms with Crippen LogP contribution in [0.3, 0.4) is 0 Å². The van der Waals surface area contributed by atoms with Crippen LogP contribution in [0.4, 0.5) is 5.69 Å². The smallest absolute Gasteiger partial charge is 0.311 e. The lowest BCUT2D eigenvalue weighted by atomic mass is 9.97. The van der Waals surface area contributed by atoms with Gasteiger partial charge in [0, 0.05) is 24.2 Å². The molecule has 0 radical (unpaired) electrons. The Morgan fingerprint density at radius 3 is 2.00 bits per heavy atom. The number of nitrogens with one attached hydrogen (secondary N) is 4. The normalized spacial score (nSPS) is 13.4. The molecule has 3 amide bonds. The summed E-state index contributed by atoms with van der Waals surface area (Å²) in [5.74, 6) is -1.61. The van der Waals surface area contributed by atoms with E-state index in [-0.39, 0.29) is 43.0 Å². The van der Waals surface area contributed by atoms with Crippen molar-refractivity contribution in [2.45, 2.75) is 93.0 Å². The molecule has 0 aromatic heterocycles. The number of amides is 3. The SMILES string of the molecule is CC(NC(=O)C(NC(=O)CCOCCNC(C)(C)C)C(C)C)C(=O)Nc1ccc(COC(=O)C(C)(C)C)cc1. The topological polar surface area (TPSA) is 135 Å². The number of carbonyl (C=O) groups is 4. The Balaban J connectivity index is 2.51. The average Bonchev–Trinajstić information content (AvgIpc) is 2.82. The molecule has 39 heavy (non-hydrogen) atoms. The minimum Gasteiger partial charge on any atom is -0.460 e. The van der Waals surface area contributed by atoms with Gasteiger partial charge in [-0.15, -0.1) is 0 Å². The predicted octanol–water partition coefficient (Wildman–Crippen LogP) is 3.15. The van der Waals surface area contributed by atoms with Gasteiger partial charge in [-0.05, 0) is 72.1 Å². The van der Waals surface area contributed by atoms with Gasteiger partial charge >= 0.3 is 5.97 Å². The van der Waals surface area contributed by atoms with Crippen molar-refractivity contribution in [2.24, 2.45) is 11.3 Å². The van der Waals surface area contributed by atoms with Crippen LogP contribution in [0, 0.1) is 11.3 Å². The third kappa shape index (κ3) is 14.1. The number of benzene rings is 1. The largest absolute Gasteiger partial charge is 0.460 e. The van der Waals surface area contributed by atoms with Crippen LogP contribution in [0.15, 0.2) is 24.3 Å². The number of anilines is 1. The number of ether oxygens (including phenoxy) is 2. The molecule has 2 atom stereocenters. The molecule has 0 saturated heterocycles. The Morgan fingerprint density at radius 1 is 0.846 bits per heavy atom. The molecule has 0 bridgehead atoms. The number of esters is 1. The van der Waals surface area contributed by atoms with E-state index in [4.69, 9.17) is 9.47 Å². The molecule has 0 fully saturated rings. The molecular formula is C29H48N4O6. The quantitative estimate of drug-likeness (QED) is 0.207. The molecule has 0 saturated carbocycles. The fraction of sp³-hybridized carbons (Fsp3) is 0.655. The predicted molar refractivity (Wildman–Crippen MR) is 152 cm³/mol. The molecule has 0 aliphatic carbocycles. The molecule has 0 aliphatic heterocycles. The molecule has 4 N–H and O–H groups in total. The summed E-state index contributed by atoms with van der Waals surface area (Å²) in [7, 11) is 0. The number of rotatable bonds is 14. The zero-order valence-corrected chi connectivity index (χ0v) is 25.0. The molecule has 0 aliphatic rings. The molecule has 1 aromatic rings. The van der Waals surface area contributed by atoms with Crippen LogP contribution < -0.4 is 21.3 Å². The monoisotopic (exact) mass is 548 g/mol. The van der Waals surface area contributed by atoms with E-state index < -0.39 is 29.3 Å². The van der Waals surface area contributed by atoms with E-state index in [1.807, 2.05) is 13.8 Å². The third-order valence-electron chi connectivity index (χ3n) is 5.60. The summed E-state index contributed by atoms with van der Waals surface area (Å²) in [6.07, 6.45) is 0.132. The Morgan fingerprint density at radius 2 is 1.46 bits per heavy atom. The van der Waals surface area contributed by atoms with Crippen LogP contribution in [0.1, 0.15) is 74.3 Å². The van der Waals surface area contributed by atoms with E-state index in [2.05, 4.69) is 42.0 Å². The Kier molecular flexibility index (Phi) is 13.6. The lowest BCUT2D eigenvalue weighted by Crippen LogP contribution is -2.53. The maximum atomic E-state index is 12.9. The summed E-state index contributed by atoms with van der Waals surface area (Å²) in [5.41, 5.74) is 0.748. The Hall–Kier alpha value is -2.98. The molecule has 10 heteroatoms. The lowest BCUT2D eigenvalue weighted by molar-refractivity contribution is -0.154. The first-order valence-electron chi connectivity index (χ1n) is 13.5. The highest BCUT2D eigenvalue weighted by atomic mass is 16.5. The van der Waals surface area contributed by atoms with Gasteiger partial charge in [0.1, 0.15) is 18.7 Å². The van der Waals surface area contributed by atoms with Crippen LogP contribution in [-0.2, 0) is 35.3 Å². The van der Waals surface area contributed by atoms with Crippen LogP contribution in [0.25, 0.3) is 0 Å². The van der Waals surface area contributed by atoms with Gasteiger partial charge in [0.25, 0.3) is 0 Å². The van der Waals surface area contributed by atoms with E-state index in [0.717, 1.165) is 5.56 Å². The molecule has 1 aromatic carbocycles. The highest BCUT2D eigenvalue weighted by Gasteiger charge is 2.27. The van der Waals surface area contributed by atoms with E-state index in [1.165, 1.54) is 0 Å². The van der Waals surface area contributed by atoms with Gasteiger partial charge in [-0.2, -0.15) is 0 Å². The minimum atomic E-state index is -0.832. The van der Waals surface area contributed by atoms with Gasteiger partial charge in [-0.25, -0.2) is 0 Å². The van der Waals surface area contributed by atoms with Crippen molar-refractivity contribution >= 4 is 29.4 Å². The van der Waals surface area contributed by atoms with Crippen molar-refractivity contribution in [1.29, 1.82) is 0 Å². The first kappa shape index (κ1) is 34.0. The number of carbonyl (C=O) groups excluding carboxylic acids is 4. The number of hydrogen-bond acceptors (Lipinski definition) is 7. The van der Waals surface area contributed by atoms with E-state index in [9.17, 15) is 19.2 Å². The fourth-order valence-corrected chi connectivity index (χ4v) is 3.21.